The highest BCUT2D eigenvalue weighted by Gasteiger charge is 2.07. The summed E-state index contributed by atoms with van der Waals surface area (Å²) < 4.78 is 5.10. The minimum atomic E-state index is 0.203. The van der Waals surface area contributed by atoms with Gasteiger partial charge < -0.3 is 15.1 Å². The molecule has 0 fully saturated rings. The molecule has 1 aromatic heterocycles. The number of aryl methyl sites for hydroxylation is 1. The summed E-state index contributed by atoms with van der Waals surface area (Å²) in [5.74, 6) is 0. The molecule has 1 aromatic carbocycles. The third-order valence-corrected chi connectivity index (χ3v) is 3.23. The zero-order chi connectivity index (χ0) is 13.8. The van der Waals surface area contributed by atoms with Gasteiger partial charge in [0.15, 0.2) is 0 Å². The molecule has 2 N–H and O–H groups in total. The topological polar surface area (TPSA) is 42.4 Å². The first kappa shape index (κ1) is 13.7. The number of anilines is 1. The standard InChI is InChI=1S/C16H22N2O/c1-12-8-14(9-13(2)17)4-5-16(12)18(3)10-15-6-7-19-11-15/h4-8,11,13H,9-10,17H2,1-3H3. The van der Waals surface area contributed by atoms with E-state index in [1.54, 1.807) is 12.5 Å². The first-order chi connectivity index (χ1) is 9.06. The maximum Gasteiger partial charge on any atom is 0.0952 e. The molecule has 0 spiro atoms. The summed E-state index contributed by atoms with van der Waals surface area (Å²) in [5, 5.41) is 0. The van der Waals surface area contributed by atoms with Gasteiger partial charge >= 0.3 is 0 Å². The highest BCUT2D eigenvalue weighted by atomic mass is 16.3. The molecule has 102 valence electrons. The van der Waals surface area contributed by atoms with E-state index in [9.17, 15) is 0 Å². The molecular formula is C16H22N2O. The van der Waals surface area contributed by atoms with Crippen LogP contribution in [0.4, 0.5) is 5.69 Å². The summed E-state index contributed by atoms with van der Waals surface area (Å²) in [6.45, 7) is 5.03. The van der Waals surface area contributed by atoms with Crippen LogP contribution < -0.4 is 10.6 Å². The molecule has 0 aliphatic rings. The van der Waals surface area contributed by atoms with Gasteiger partial charge in [0.25, 0.3) is 0 Å². The van der Waals surface area contributed by atoms with Crippen molar-refractivity contribution in [2.24, 2.45) is 5.73 Å². The van der Waals surface area contributed by atoms with Gasteiger partial charge in [-0.2, -0.15) is 0 Å². The van der Waals surface area contributed by atoms with Gasteiger partial charge in [-0.15, -0.1) is 0 Å². The van der Waals surface area contributed by atoms with E-state index in [0.717, 1.165) is 13.0 Å². The lowest BCUT2D eigenvalue weighted by Crippen LogP contribution is -2.19. The Labute approximate surface area is 115 Å². The van der Waals surface area contributed by atoms with Crippen molar-refractivity contribution >= 4 is 5.69 Å². The van der Waals surface area contributed by atoms with E-state index < -0.39 is 0 Å². The molecular weight excluding hydrogens is 236 g/mol. The molecule has 3 heteroatoms. The zero-order valence-electron chi connectivity index (χ0n) is 11.9. The van der Waals surface area contributed by atoms with Crippen LogP contribution in [0.25, 0.3) is 0 Å². The number of hydrogen-bond donors (Lipinski definition) is 1. The lowest BCUT2D eigenvalue weighted by atomic mass is 10.0. The van der Waals surface area contributed by atoms with E-state index >= 15 is 0 Å². The summed E-state index contributed by atoms with van der Waals surface area (Å²) in [4.78, 5) is 2.23. The number of nitrogens with two attached hydrogens (primary N) is 1. The van der Waals surface area contributed by atoms with E-state index in [0.29, 0.717) is 0 Å². The minimum Gasteiger partial charge on any atom is -0.472 e. The number of rotatable bonds is 5. The quantitative estimate of drug-likeness (QED) is 0.896. The maximum absolute atomic E-state index is 5.84. The van der Waals surface area contributed by atoms with Crippen molar-refractivity contribution in [3.05, 3.63) is 53.5 Å². The van der Waals surface area contributed by atoms with Crippen molar-refractivity contribution in [1.29, 1.82) is 0 Å². The molecule has 1 heterocycles. The van der Waals surface area contributed by atoms with Crippen LogP contribution in [-0.2, 0) is 13.0 Å². The maximum atomic E-state index is 5.84. The average molecular weight is 258 g/mol. The van der Waals surface area contributed by atoms with Crippen LogP contribution in [0.5, 0.6) is 0 Å². The van der Waals surface area contributed by atoms with Gasteiger partial charge in [0.2, 0.25) is 0 Å². The Morgan fingerprint density at radius 3 is 2.63 bits per heavy atom. The highest BCUT2D eigenvalue weighted by molar-refractivity contribution is 5.54. The fourth-order valence-electron chi connectivity index (χ4n) is 2.39. The van der Waals surface area contributed by atoms with Crippen LogP contribution in [0.3, 0.4) is 0 Å². The summed E-state index contributed by atoms with van der Waals surface area (Å²) in [6, 6.07) is 8.76. The van der Waals surface area contributed by atoms with Crippen LogP contribution in [0.15, 0.2) is 41.2 Å². The number of nitrogens with zero attached hydrogens (tertiary/aromatic N) is 1. The van der Waals surface area contributed by atoms with Crippen LogP contribution in [-0.4, -0.2) is 13.1 Å². The van der Waals surface area contributed by atoms with Crippen molar-refractivity contribution in [3.63, 3.8) is 0 Å². The largest absolute Gasteiger partial charge is 0.472 e. The predicted molar refractivity (Wildman–Crippen MR) is 79.3 cm³/mol. The lowest BCUT2D eigenvalue weighted by Gasteiger charge is -2.21. The fourth-order valence-corrected chi connectivity index (χ4v) is 2.39. The number of hydrogen-bond acceptors (Lipinski definition) is 3. The van der Waals surface area contributed by atoms with Crippen molar-refractivity contribution in [2.45, 2.75) is 32.9 Å². The number of furan rings is 1. The van der Waals surface area contributed by atoms with Gasteiger partial charge in [0, 0.05) is 30.9 Å². The Balaban J connectivity index is 2.11. The zero-order valence-corrected chi connectivity index (χ0v) is 11.9. The second kappa shape index (κ2) is 5.93. The van der Waals surface area contributed by atoms with Crippen LogP contribution in [0.1, 0.15) is 23.6 Å². The smallest absolute Gasteiger partial charge is 0.0952 e. The summed E-state index contributed by atoms with van der Waals surface area (Å²) in [5.41, 5.74) is 10.8. The van der Waals surface area contributed by atoms with Crippen molar-refractivity contribution in [2.75, 3.05) is 11.9 Å². The van der Waals surface area contributed by atoms with Crippen molar-refractivity contribution < 1.29 is 4.42 Å². The third kappa shape index (κ3) is 3.61. The molecule has 1 unspecified atom stereocenters. The molecule has 0 bridgehead atoms. The van der Waals surface area contributed by atoms with Crippen LogP contribution in [0, 0.1) is 6.92 Å². The normalized spacial score (nSPS) is 12.4. The Hall–Kier alpha value is -1.74. The van der Waals surface area contributed by atoms with Gasteiger partial charge in [0.1, 0.15) is 0 Å². The predicted octanol–water partition coefficient (Wildman–Crippen LogP) is 3.11. The molecule has 0 aliphatic carbocycles. The molecule has 0 radical (unpaired) electrons. The lowest BCUT2D eigenvalue weighted by molar-refractivity contribution is 0.563. The average Bonchev–Trinajstić information content (AvgIpc) is 2.80. The summed E-state index contributed by atoms with van der Waals surface area (Å²) in [7, 11) is 2.10. The molecule has 0 saturated carbocycles. The molecule has 3 nitrogen and oxygen atoms in total. The second-order valence-corrected chi connectivity index (χ2v) is 5.29. The fraction of sp³-hybridized carbons (Fsp3) is 0.375. The van der Waals surface area contributed by atoms with Gasteiger partial charge in [-0.1, -0.05) is 12.1 Å². The molecule has 2 aromatic rings. The summed E-state index contributed by atoms with van der Waals surface area (Å²) >= 11 is 0. The van der Waals surface area contributed by atoms with Gasteiger partial charge in [-0.3, -0.25) is 0 Å². The highest BCUT2D eigenvalue weighted by Crippen LogP contribution is 2.22. The SMILES string of the molecule is Cc1cc(CC(C)N)ccc1N(C)Cc1ccoc1. The first-order valence-corrected chi connectivity index (χ1v) is 6.63. The molecule has 0 amide bonds. The second-order valence-electron chi connectivity index (χ2n) is 5.29. The number of benzene rings is 1. The Bertz CT molecular complexity index is 518. The molecule has 2 rings (SSSR count). The van der Waals surface area contributed by atoms with E-state index in [-0.39, 0.29) is 6.04 Å². The van der Waals surface area contributed by atoms with Gasteiger partial charge in [-0.05, 0) is 43.5 Å². The summed E-state index contributed by atoms with van der Waals surface area (Å²) in [6.07, 6.45) is 4.42. The van der Waals surface area contributed by atoms with E-state index in [4.69, 9.17) is 10.2 Å². The first-order valence-electron chi connectivity index (χ1n) is 6.63. The molecule has 19 heavy (non-hydrogen) atoms. The Morgan fingerprint density at radius 2 is 2.05 bits per heavy atom. The van der Waals surface area contributed by atoms with Crippen LogP contribution >= 0.6 is 0 Å². The Morgan fingerprint density at radius 1 is 1.26 bits per heavy atom. The monoisotopic (exact) mass is 258 g/mol. The van der Waals surface area contributed by atoms with E-state index in [1.807, 2.05) is 13.0 Å². The molecule has 1 atom stereocenters. The van der Waals surface area contributed by atoms with Gasteiger partial charge in [-0.25, -0.2) is 0 Å². The van der Waals surface area contributed by atoms with E-state index in [2.05, 4.69) is 37.1 Å². The Kier molecular flexibility index (Phi) is 4.27. The van der Waals surface area contributed by atoms with Crippen molar-refractivity contribution in [1.82, 2.24) is 0 Å². The third-order valence-electron chi connectivity index (χ3n) is 3.23. The van der Waals surface area contributed by atoms with Crippen LogP contribution in [0.2, 0.25) is 0 Å². The molecule has 0 saturated heterocycles. The van der Waals surface area contributed by atoms with E-state index in [1.165, 1.54) is 22.4 Å². The van der Waals surface area contributed by atoms with Crippen molar-refractivity contribution in [3.8, 4) is 0 Å². The minimum absolute atomic E-state index is 0.203. The molecule has 0 aliphatic heterocycles. The van der Waals surface area contributed by atoms with Gasteiger partial charge in [0.05, 0.1) is 12.5 Å².